The van der Waals surface area contributed by atoms with E-state index in [0.29, 0.717) is 0 Å². The summed E-state index contributed by atoms with van der Waals surface area (Å²) in [4.78, 5) is 0. The monoisotopic (exact) mass is 228 g/mol. The number of hydrogen-bond acceptors (Lipinski definition) is 2. The fourth-order valence-corrected chi connectivity index (χ4v) is 1.40. The number of nitrogens with zero attached hydrogens (tertiary/aromatic N) is 2. The molecular formula is C7H8ClF3N2O. The molecule has 0 aromatic carbocycles. The summed E-state index contributed by atoms with van der Waals surface area (Å²) in [5, 5.41) is 12.4. The second-order valence-corrected chi connectivity index (χ2v) is 3.22. The van der Waals surface area contributed by atoms with Gasteiger partial charge in [0.2, 0.25) is 0 Å². The number of aliphatic hydroxyl groups is 1. The molecule has 1 aromatic heterocycles. The highest BCUT2D eigenvalue weighted by atomic mass is 35.5. The van der Waals surface area contributed by atoms with Crippen LogP contribution >= 0.6 is 11.6 Å². The Kier molecular flexibility index (Phi) is 2.78. The van der Waals surface area contributed by atoms with Crippen LogP contribution in [0.15, 0.2) is 0 Å². The van der Waals surface area contributed by atoms with E-state index in [1.165, 1.54) is 14.0 Å². The zero-order valence-electron chi connectivity index (χ0n) is 7.43. The van der Waals surface area contributed by atoms with Crippen molar-refractivity contribution in [3.63, 3.8) is 0 Å². The minimum absolute atomic E-state index is 0.0716. The third-order valence-electron chi connectivity index (χ3n) is 1.78. The van der Waals surface area contributed by atoms with Crippen molar-refractivity contribution in [2.24, 2.45) is 7.05 Å². The molecule has 0 saturated heterocycles. The van der Waals surface area contributed by atoms with Crippen LogP contribution in [0.25, 0.3) is 0 Å². The van der Waals surface area contributed by atoms with Crippen LogP contribution in [0.2, 0.25) is 5.15 Å². The van der Waals surface area contributed by atoms with E-state index in [1.54, 1.807) is 0 Å². The highest BCUT2D eigenvalue weighted by molar-refractivity contribution is 6.30. The summed E-state index contributed by atoms with van der Waals surface area (Å²) in [6, 6.07) is 0. The molecule has 0 aliphatic carbocycles. The molecule has 3 nitrogen and oxygen atoms in total. The van der Waals surface area contributed by atoms with Crippen molar-refractivity contribution >= 4 is 11.6 Å². The molecule has 0 fully saturated rings. The predicted molar refractivity (Wildman–Crippen MR) is 44.0 cm³/mol. The molecule has 0 aliphatic heterocycles. The molecule has 1 N–H and O–H groups in total. The summed E-state index contributed by atoms with van der Waals surface area (Å²) >= 11 is 5.56. The van der Waals surface area contributed by atoms with Gasteiger partial charge in [0.25, 0.3) is 0 Å². The lowest BCUT2D eigenvalue weighted by Gasteiger charge is -2.14. The minimum atomic E-state index is -4.72. The predicted octanol–water partition coefficient (Wildman–Crippen LogP) is 1.98. The van der Waals surface area contributed by atoms with E-state index in [1.807, 2.05) is 0 Å². The second-order valence-electron chi connectivity index (χ2n) is 2.86. The van der Waals surface area contributed by atoms with Gasteiger partial charge in [-0.3, -0.25) is 4.68 Å². The van der Waals surface area contributed by atoms with Gasteiger partial charge in [0, 0.05) is 12.6 Å². The Morgan fingerprint density at radius 2 is 2.00 bits per heavy atom. The first-order valence-electron chi connectivity index (χ1n) is 3.69. The maximum Gasteiger partial charge on any atom is 0.418 e. The smallest absolute Gasteiger partial charge is 0.379 e. The molecule has 80 valence electrons. The largest absolute Gasteiger partial charge is 0.418 e. The minimum Gasteiger partial charge on any atom is -0.379 e. The normalized spacial score (nSPS) is 14.5. The molecule has 1 rings (SSSR count). The molecule has 1 aromatic rings. The van der Waals surface area contributed by atoms with E-state index in [4.69, 9.17) is 16.7 Å². The van der Waals surface area contributed by atoms with Crippen molar-refractivity contribution in [1.29, 1.82) is 0 Å². The molecule has 0 saturated carbocycles. The summed E-state index contributed by atoms with van der Waals surface area (Å²) in [7, 11) is 1.40. The number of aliphatic hydroxyl groups excluding tert-OH is 1. The van der Waals surface area contributed by atoms with Crippen molar-refractivity contribution in [2.45, 2.75) is 19.2 Å². The zero-order chi connectivity index (χ0) is 11.1. The number of hydrogen-bond donors (Lipinski definition) is 1. The average Bonchev–Trinajstić information content (AvgIpc) is 2.24. The molecule has 1 atom stereocenters. The molecule has 7 heteroatoms. The Bertz CT molecular complexity index is 347. The molecular weight excluding hydrogens is 221 g/mol. The molecule has 0 spiro atoms. The zero-order valence-corrected chi connectivity index (χ0v) is 8.19. The number of halogens is 4. The van der Waals surface area contributed by atoms with E-state index in [-0.39, 0.29) is 16.4 Å². The van der Waals surface area contributed by atoms with Gasteiger partial charge in [-0.15, -0.1) is 0 Å². The van der Waals surface area contributed by atoms with Gasteiger partial charge in [-0.25, -0.2) is 0 Å². The Labute approximate surface area is 83.1 Å². The van der Waals surface area contributed by atoms with Gasteiger partial charge in [0.1, 0.15) is 5.15 Å². The van der Waals surface area contributed by atoms with Crippen molar-refractivity contribution in [2.75, 3.05) is 0 Å². The van der Waals surface area contributed by atoms with E-state index in [2.05, 4.69) is 5.10 Å². The summed E-state index contributed by atoms with van der Waals surface area (Å²) in [5.74, 6) is 0. The second kappa shape index (κ2) is 3.43. The van der Waals surface area contributed by atoms with Crippen LogP contribution in [-0.4, -0.2) is 21.1 Å². The average molecular weight is 229 g/mol. The molecule has 0 unspecified atom stereocenters. The summed E-state index contributed by atoms with van der Waals surface area (Å²) < 4.78 is 37.6. The van der Waals surface area contributed by atoms with Gasteiger partial charge in [0.15, 0.2) is 6.10 Å². The van der Waals surface area contributed by atoms with Crippen LogP contribution in [0.1, 0.15) is 17.4 Å². The van der Waals surface area contributed by atoms with Gasteiger partial charge >= 0.3 is 6.18 Å². The van der Waals surface area contributed by atoms with Crippen molar-refractivity contribution in [1.82, 2.24) is 9.78 Å². The van der Waals surface area contributed by atoms with Crippen LogP contribution in [-0.2, 0) is 7.05 Å². The summed E-state index contributed by atoms with van der Waals surface area (Å²) in [6.07, 6.45) is -7.30. The standard InChI is InChI=1S/C7H8ClF3N2O/c1-3-4(5(14)7(9,10)11)6(8)13(2)12-3/h5,14H,1-2H3/t5-/m0/s1. The van der Waals surface area contributed by atoms with E-state index in [0.717, 1.165) is 4.68 Å². The lowest BCUT2D eigenvalue weighted by atomic mass is 10.1. The van der Waals surface area contributed by atoms with Gasteiger partial charge in [0.05, 0.1) is 5.69 Å². The molecule has 0 aliphatic rings. The Balaban J connectivity index is 3.19. The fraction of sp³-hybridized carbons (Fsp3) is 0.571. The Morgan fingerprint density at radius 1 is 1.50 bits per heavy atom. The maximum atomic E-state index is 12.2. The third-order valence-corrected chi connectivity index (χ3v) is 2.23. The van der Waals surface area contributed by atoms with Gasteiger partial charge in [-0.2, -0.15) is 18.3 Å². The van der Waals surface area contributed by atoms with Crippen LogP contribution in [0.3, 0.4) is 0 Å². The van der Waals surface area contributed by atoms with Crippen LogP contribution in [0, 0.1) is 6.92 Å². The lowest BCUT2D eigenvalue weighted by molar-refractivity contribution is -0.206. The third kappa shape index (κ3) is 1.85. The molecule has 1 heterocycles. The van der Waals surface area contributed by atoms with Crippen LogP contribution in [0.5, 0.6) is 0 Å². The van der Waals surface area contributed by atoms with E-state index < -0.39 is 12.3 Å². The highest BCUT2D eigenvalue weighted by Crippen LogP contribution is 2.37. The van der Waals surface area contributed by atoms with Crippen molar-refractivity contribution < 1.29 is 18.3 Å². The first-order valence-corrected chi connectivity index (χ1v) is 4.06. The molecule has 0 radical (unpaired) electrons. The number of aryl methyl sites for hydroxylation is 2. The summed E-state index contributed by atoms with van der Waals surface area (Å²) in [5.41, 5.74) is -0.316. The Hall–Kier alpha value is -0.750. The topological polar surface area (TPSA) is 38.0 Å². The molecule has 14 heavy (non-hydrogen) atoms. The fourth-order valence-electron chi connectivity index (χ4n) is 1.12. The van der Waals surface area contributed by atoms with E-state index in [9.17, 15) is 13.2 Å². The van der Waals surface area contributed by atoms with Gasteiger partial charge < -0.3 is 5.11 Å². The molecule has 0 amide bonds. The maximum absolute atomic E-state index is 12.2. The number of alkyl halides is 3. The first kappa shape index (κ1) is 11.3. The van der Waals surface area contributed by atoms with Crippen molar-refractivity contribution in [3.05, 3.63) is 16.4 Å². The SMILES string of the molecule is Cc1nn(C)c(Cl)c1[C@H](O)C(F)(F)F. The van der Waals surface area contributed by atoms with E-state index >= 15 is 0 Å². The summed E-state index contributed by atoms with van der Waals surface area (Å²) in [6.45, 7) is 1.36. The first-order chi connectivity index (χ1) is 6.25. The number of aromatic nitrogens is 2. The van der Waals surface area contributed by atoms with Gasteiger partial charge in [-0.1, -0.05) is 11.6 Å². The van der Waals surface area contributed by atoms with Crippen molar-refractivity contribution in [3.8, 4) is 0 Å². The number of rotatable bonds is 1. The highest BCUT2D eigenvalue weighted by Gasteiger charge is 2.42. The Morgan fingerprint density at radius 3 is 2.29 bits per heavy atom. The quantitative estimate of drug-likeness (QED) is 0.798. The van der Waals surface area contributed by atoms with Gasteiger partial charge in [-0.05, 0) is 6.92 Å². The molecule has 0 bridgehead atoms. The van der Waals surface area contributed by atoms with Crippen LogP contribution in [0.4, 0.5) is 13.2 Å². The lowest BCUT2D eigenvalue weighted by Crippen LogP contribution is -2.20. The van der Waals surface area contributed by atoms with Crippen LogP contribution < -0.4 is 0 Å².